The fraction of sp³-hybridized carbons (Fsp3) is 0.118. The van der Waals surface area contributed by atoms with Crippen molar-refractivity contribution in [3.05, 3.63) is 63.5 Å². The number of hydrazone groups is 1. The number of hydrogen-bond donors (Lipinski definition) is 1. The first-order valence-electron chi connectivity index (χ1n) is 7.19. The number of nitrogens with one attached hydrogen (secondary N) is 1. The van der Waals surface area contributed by atoms with Crippen molar-refractivity contribution in [1.82, 2.24) is 10.4 Å². The maximum atomic E-state index is 12.9. The van der Waals surface area contributed by atoms with Crippen LogP contribution in [0.15, 0.2) is 52.3 Å². The van der Waals surface area contributed by atoms with Crippen LogP contribution in [-0.4, -0.2) is 16.6 Å². The zero-order valence-corrected chi connectivity index (χ0v) is 14.5. The Kier molecular flexibility index (Phi) is 5.12. The quantitative estimate of drug-likeness (QED) is 0.551. The summed E-state index contributed by atoms with van der Waals surface area (Å²) in [6.07, 6.45) is 0.152. The molecular weight excluding hydrogens is 345 g/mol. The molecule has 0 spiro atoms. The molecule has 0 aliphatic heterocycles. The lowest BCUT2D eigenvalue weighted by Gasteiger charge is -2.00. The number of carbonyl (C=O) groups excluding carboxylic acids is 1. The highest BCUT2D eigenvalue weighted by molar-refractivity contribution is 7.13. The highest BCUT2D eigenvalue weighted by Gasteiger charge is 2.09. The molecule has 0 aliphatic carbocycles. The SMILES string of the molecule is C/C(=N/NC(=O)Cc1csc(-c2ccc(F)cc2)n1)c1cccs1. The highest BCUT2D eigenvalue weighted by Crippen LogP contribution is 2.24. The summed E-state index contributed by atoms with van der Waals surface area (Å²) in [6, 6.07) is 10.0. The Balaban J connectivity index is 1.61. The number of hydrogen-bond acceptors (Lipinski definition) is 5. The minimum Gasteiger partial charge on any atom is -0.273 e. The van der Waals surface area contributed by atoms with Crippen LogP contribution in [-0.2, 0) is 11.2 Å². The van der Waals surface area contributed by atoms with E-state index in [0.29, 0.717) is 5.69 Å². The zero-order chi connectivity index (χ0) is 16.9. The van der Waals surface area contributed by atoms with E-state index in [0.717, 1.165) is 21.2 Å². The fourth-order valence-electron chi connectivity index (χ4n) is 2.00. The van der Waals surface area contributed by atoms with E-state index in [1.54, 1.807) is 23.5 Å². The number of aromatic nitrogens is 1. The van der Waals surface area contributed by atoms with Crippen molar-refractivity contribution in [2.75, 3.05) is 0 Å². The van der Waals surface area contributed by atoms with Crippen molar-refractivity contribution < 1.29 is 9.18 Å². The molecule has 0 saturated heterocycles. The molecule has 0 radical (unpaired) electrons. The van der Waals surface area contributed by atoms with Crippen LogP contribution in [0.2, 0.25) is 0 Å². The van der Waals surface area contributed by atoms with Crippen molar-refractivity contribution >= 4 is 34.3 Å². The van der Waals surface area contributed by atoms with Crippen LogP contribution in [0, 0.1) is 5.82 Å². The van der Waals surface area contributed by atoms with Gasteiger partial charge in [0, 0.05) is 15.8 Å². The summed E-state index contributed by atoms with van der Waals surface area (Å²) in [5.74, 6) is -0.504. The summed E-state index contributed by atoms with van der Waals surface area (Å²) in [5.41, 5.74) is 4.81. The van der Waals surface area contributed by atoms with Crippen LogP contribution in [0.5, 0.6) is 0 Å². The average molecular weight is 359 g/mol. The van der Waals surface area contributed by atoms with Crippen molar-refractivity contribution in [3.63, 3.8) is 0 Å². The van der Waals surface area contributed by atoms with Gasteiger partial charge in [0.25, 0.3) is 0 Å². The summed E-state index contributed by atoms with van der Waals surface area (Å²) in [4.78, 5) is 17.4. The lowest BCUT2D eigenvalue weighted by molar-refractivity contribution is -0.120. The van der Waals surface area contributed by atoms with E-state index in [-0.39, 0.29) is 18.1 Å². The van der Waals surface area contributed by atoms with Gasteiger partial charge in [0.15, 0.2) is 0 Å². The number of halogens is 1. The third kappa shape index (κ3) is 4.12. The normalized spacial score (nSPS) is 11.5. The van der Waals surface area contributed by atoms with Gasteiger partial charge >= 0.3 is 0 Å². The zero-order valence-electron chi connectivity index (χ0n) is 12.8. The van der Waals surface area contributed by atoms with Crippen LogP contribution >= 0.6 is 22.7 Å². The molecule has 4 nitrogen and oxygen atoms in total. The van der Waals surface area contributed by atoms with Crippen LogP contribution in [0.3, 0.4) is 0 Å². The number of amides is 1. The molecule has 2 aromatic heterocycles. The number of thiophene rings is 1. The smallest absolute Gasteiger partial charge is 0.246 e. The molecule has 7 heteroatoms. The number of benzene rings is 1. The largest absolute Gasteiger partial charge is 0.273 e. The summed E-state index contributed by atoms with van der Waals surface area (Å²) in [5, 5.41) is 8.65. The minimum atomic E-state index is -0.283. The van der Waals surface area contributed by atoms with Crippen molar-refractivity contribution in [3.8, 4) is 10.6 Å². The predicted molar refractivity (Wildman–Crippen MR) is 95.9 cm³/mol. The summed E-state index contributed by atoms with van der Waals surface area (Å²) in [6.45, 7) is 1.85. The van der Waals surface area contributed by atoms with E-state index in [1.807, 2.05) is 29.8 Å². The third-order valence-corrected chi connectivity index (χ3v) is 5.13. The first-order chi connectivity index (χ1) is 11.6. The van der Waals surface area contributed by atoms with E-state index in [2.05, 4.69) is 15.5 Å². The number of thiazole rings is 1. The number of carbonyl (C=O) groups is 1. The second kappa shape index (κ2) is 7.46. The van der Waals surface area contributed by atoms with Gasteiger partial charge in [-0.05, 0) is 42.6 Å². The molecule has 3 rings (SSSR count). The first kappa shape index (κ1) is 16.5. The first-order valence-corrected chi connectivity index (χ1v) is 8.95. The second-order valence-corrected chi connectivity index (χ2v) is 6.84. The van der Waals surface area contributed by atoms with Gasteiger partial charge in [-0.3, -0.25) is 4.79 Å². The van der Waals surface area contributed by atoms with Gasteiger partial charge in [-0.1, -0.05) is 6.07 Å². The maximum absolute atomic E-state index is 12.9. The van der Waals surface area contributed by atoms with Gasteiger partial charge in [-0.25, -0.2) is 14.8 Å². The van der Waals surface area contributed by atoms with Crippen molar-refractivity contribution in [2.24, 2.45) is 5.10 Å². The van der Waals surface area contributed by atoms with E-state index in [1.165, 1.54) is 23.5 Å². The number of rotatable bonds is 5. The Morgan fingerprint density at radius 2 is 2.04 bits per heavy atom. The van der Waals surface area contributed by atoms with Gasteiger partial charge in [0.2, 0.25) is 5.91 Å². The Morgan fingerprint density at radius 1 is 1.25 bits per heavy atom. The van der Waals surface area contributed by atoms with Crippen molar-refractivity contribution in [2.45, 2.75) is 13.3 Å². The Hall–Kier alpha value is -2.38. The molecule has 1 N–H and O–H groups in total. The van der Waals surface area contributed by atoms with Gasteiger partial charge < -0.3 is 0 Å². The van der Waals surface area contributed by atoms with Gasteiger partial charge in [-0.15, -0.1) is 22.7 Å². The summed E-state index contributed by atoms with van der Waals surface area (Å²) in [7, 11) is 0. The van der Waals surface area contributed by atoms with E-state index < -0.39 is 0 Å². The summed E-state index contributed by atoms with van der Waals surface area (Å²) >= 11 is 2.99. The molecule has 2 heterocycles. The number of nitrogens with zero attached hydrogens (tertiary/aromatic N) is 2. The molecule has 0 saturated carbocycles. The molecule has 0 bridgehead atoms. The van der Waals surface area contributed by atoms with Crippen LogP contribution in [0.25, 0.3) is 10.6 Å². The molecule has 1 aromatic carbocycles. The monoisotopic (exact) mass is 359 g/mol. The van der Waals surface area contributed by atoms with E-state index in [4.69, 9.17) is 0 Å². The minimum absolute atomic E-state index is 0.152. The van der Waals surface area contributed by atoms with Gasteiger partial charge in [0.1, 0.15) is 10.8 Å². The summed E-state index contributed by atoms with van der Waals surface area (Å²) < 4.78 is 12.9. The average Bonchev–Trinajstić information content (AvgIpc) is 3.25. The molecule has 24 heavy (non-hydrogen) atoms. The third-order valence-electron chi connectivity index (χ3n) is 3.21. The Labute approximate surface area is 146 Å². The molecular formula is C17H14FN3OS2. The molecule has 0 unspecified atom stereocenters. The maximum Gasteiger partial charge on any atom is 0.246 e. The van der Waals surface area contributed by atoms with Gasteiger partial charge in [0.05, 0.1) is 17.8 Å². The molecule has 3 aromatic rings. The molecule has 0 atom stereocenters. The molecule has 1 amide bonds. The predicted octanol–water partition coefficient (Wildman–Crippen LogP) is 4.09. The Bertz CT molecular complexity index is 854. The highest BCUT2D eigenvalue weighted by atomic mass is 32.1. The van der Waals surface area contributed by atoms with E-state index in [9.17, 15) is 9.18 Å². The molecule has 0 aliphatic rings. The lowest BCUT2D eigenvalue weighted by atomic mass is 10.2. The molecule has 0 fully saturated rings. The second-order valence-electron chi connectivity index (χ2n) is 5.04. The van der Waals surface area contributed by atoms with Crippen LogP contribution in [0.4, 0.5) is 4.39 Å². The Morgan fingerprint density at radius 3 is 2.75 bits per heavy atom. The molecule has 122 valence electrons. The van der Waals surface area contributed by atoms with Crippen molar-refractivity contribution in [1.29, 1.82) is 0 Å². The lowest BCUT2D eigenvalue weighted by Crippen LogP contribution is -2.21. The topological polar surface area (TPSA) is 54.4 Å². The van der Waals surface area contributed by atoms with E-state index >= 15 is 0 Å². The van der Waals surface area contributed by atoms with Gasteiger partial charge in [-0.2, -0.15) is 5.10 Å². The standard InChI is InChI=1S/C17H14FN3OS2/c1-11(15-3-2-8-23-15)20-21-16(22)9-14-10-24-17(19-14)12-4-6-13(18)7-5-12/h2-8,10H,9H2,1H3,(H,21,22)/b20-11-. The van der Waals surface area contributed by atoms with Crippen LogP contribution in [0.1, 0.15) is 17.5 Å². The van der Waals surface area contributed by atoms with Crippen LogP contribution < -0.4 is 5.43 Å². The fourth-order valence-corrected chi connectivity index (χ4v) is 3.51.